The standard InChI is InChI=1S/C26H27F4N5O/c1-16-6-5-9-22(27)23(16)33-12-10-19(11-13-33)35-17(2)20-14-31-32-24(20)34(25(35)36)15-18-7-3-4-8-21(18)26(28,29)30/h3-9,14,17,19H,10-13,15H2,1-2H3,(H,31,32)/t17-/m1/s1. The maximum absolute atomic E-state index is 14.5. The number of anilines is 2. The van der Waals surface area contributed by atoms with Crippen LogP contribution < -0.4 is 9.80 Å². The number of aryl methyl sites for hydroxylation is 1. The van der Waals surface area contributed by atoms with Crippen molar-refractivity contribution < 1.29 is 22.4 Å². The van der Waals surface area contributed by atoms with Crippen LogP contribution in [0.15, 0.2) is 48.7 Å². The Kier molecular flexibility index (Phi) is 6.13. The van der Waals surface area contributed by atoms with E-state index in [-0.39, 0.29) is 36.0 Å². The minimum Gasteiger partial charge on any atom is -0.369 e. The van der Waals surface area contributed by atoms with Crippen molar-refractivity contribution in [1.29, 1.82) is 0 Å². The fraction of sp³-hybridized carbons (Fsp3) is 0.385. The Hall–Kier alpha value is -3.56. The summed E-state index contributed by atoms with van der Waals surface area (Å²) in [5, 5.41) is 6.97. The van der Waals surface area contributed by atoms with Crippen LogP contribution in [0.5, 0.6) is 0 Å². The largest absolute Gasteiger partial charge is 0.416 e. The highest BCUT2D eigenvalue weighted by Crippen LogP contribution is 2.40. The molecule has 6 nitrogen and oxygen atoms in total. The molecule has 3 aromatic rings. The number of piperidine rings is 1. The predicted octanol–water partition coefficient (Wildman–Crippen LogP) is 6.05. The lowest BCUT2D eigenvalue weighted by atomic mass is 9.96. The molecular formula is C26H27F4N5O. The smallest absolute Gasteiger partial charge is 0.369 e. The second-order valence-electron chi connectivity index (χ2n) is 9.39. The van der Waals surface area contributed by atoms with E-state index < -0.39 is 11.7 Å². The Labute approximate surface area is 206 Å². The lowest BCUT2D eigenvalue weighted by Crippen LogP contribution is -2.55. The monoisotopic (exact) mass is 501 g/mol. The van der Waals surface area contributed by atoms with Crippen molar-refractivity contribution in [1.82, 2.24) is 15.1 Å². The Morgan fingerprint density at radius 1 is 1.08 bits per heavy atom. The number of para-hydroxylation sites is 1. The number of nitrogens with one attached hydrogen (secondary N) is 1. The highest BCUT2D eigenvalue weighted by molar-refractivity contribution is 5.94. The minimum absolute atomic E-state index is 0.00616. The predicted molar refractivity (Wildman–Crippen MR) is 128 cm³/mol. The van der Waals surface area contributed by atoms with Gasteiger partial charge in [0.25, 0.3) is 0 Å². The molecule has 1 atom stereocenters. The third-order valence-corrected chi connectivity index (χ3v) is 7.24. The van der Waals surface area contributed by atoms with Crippen molar-refractivity contribution in [2.45, 2.75) is 51.5 Å². The highest BCUT2D eigenvalue weighted by atomic mass is 19.4. The van der Waals surface area contributed by atoms with Gasteiger partial charge in [-0.25, -0.2) is 9.18 Å². The van der Waals surface area contributed by atoms with E-state index in [1.807, 2.05) is 24.8 Å². The SMILES string of the molecule is Cc1cccc(F)c1N1CCC(N2C(=O)N(Cc3ccccc3C(F)(F)F)c3n[nH]cc3[C@H]2C)CC1. The molecule has 10 heteroatoms. The molecule has 0 unspecified atom stereocenters. The number of aromatic nitrogens is 2. The molecule has 1 fully saturated rings. The van der Waals surface area contributed by atoms with Crippen LogP contribution in [0.3, 0.4) is 0 Å². The van der Waals surface area contributed by atoms with Gasteiger partial charge in [-0.05, 0) is 49.9 Å². The second-order valence-corrected chi connectivity index (χ2v) is 9.39. The van der Waals surface area contributed by atoms with Gasteiger partial charge < -0.3 is 9.80 Å². The molecule has 5 rings (SSSR count). The molecule has 3 heterocycles. The normalized spacial score (nSPS) is 19.1. The van der Waals surface area contributed by atoms with Gasteiger partial charge in [0, 0.05) is 30.9 Å². The number of urea groups is 1. The van der Waals surface area contributed by atoms with E-state index in [1.165, 1.54) is 29.2 Å². The summed E-state index contributed by atoms with van der Waals surface area (Å²) in [6, 6.07) is 9.47. The number of amides is 2. The quantitative estimate of drug-likeness (QED) is 0.443. The maximum Gasteiger partial charge on any atom is 0.416 e. The van der Waals surface area contributed by atoms with E-state index in [2.05, 4.69) is 10.2 Å². The number of rotatable bonds is 4. The molecule has 0 saturated carbocycles. The zero-order chi connectivity index (χ0) is 25.6. The molecule has 1 saturated heterocycles. The third-order valence-electron chi connectivity index (χ3n) is 7.24. The molecule has 190 valence electrons. The Morgan fingerprint density at radius 3 is 2.50 bits per heavy atom. The zero-order valence-corrected chi connectivity index (χ0v) is 20.0. The number of hydrogen-bond donors (Lipinski definition) is 1. The summed E-state index contributed by atoms with van der Waals surface area (Å²) in [5.74, 6) is 0.0774. The molecule has 2 amide bonds. The fourth-order valence-corrected chi connectivity index (χ4v) is 5.47. The van der Waals surface area contributed by atoms with Gasteiger partial charge in [0.2, 0.25) is 0 Å². The molecule has 2 aliphatic heterocycles. The fourth-order valence-electron chi connectivity index (χ4n) is 5.47. The number of fused-ring (bicyclic) bond motifs is 1. The zero-order valence-electron chi connectivity index (χ0n) is 20.0. The molecule has 0 radical (unpaired) electrons. The van der Waals surface area contributed by atoms with Gasteiger partial charge in [-0.3, -0.25) is 10.00 Å². The van der Waals surface area contributed by atoms with Crippen molar-refractivity contribution in [2.24, 2.45) is 0 Å². The summed E-state index contributed by atoms with van der Waals surface area (Å²) in [7, 11) is 0. The molecule has 1 aromatic heterocycles. The van der Waals surface area contributed by atoms with Gasteiger partial charge >= 0.3 is 12.2 Å². The lowest BCUT2D eigenvalue weighted by molar-refractivity contribution is -0.138. The summed E-state index contributed by atoms with van der Waals surface area (Å²) in [4.78, 5) is 18.8. The van der Waals surface area contributed by atoms with Gasteiger partial charge in [0.05, 0.1) is 23.8 Å². The average molecular weight is 502 g/mol. The number of hydrogen-bond acceptors (Lipinski definition) is 3. The molecule has 36 heavy (non-hydrogen) atoms. The first kappa shape index (κ1) is 24.1. The minimum atomic E-state index is -4.53. The van der Waals surface area contributed by atoms with Crippen molar-refractivity contribution in [3.8, 4) is 0 Å². The van der Waals surface area contributed by atoms with Gasteiger partial charge in [0.1, 0.15) is 5.82 Å². The van der Waals surface area contributed by atoms with Gasteiger partial charge in [-0.2, -0.15) is 18.3 Å². The topological polar surface area (TPSA) is 55.5 Å². The van der Waals surface area contributed by atoms with E-state index in [0.717, 1.165) is 17.2 Å². The maximum atomic E-state index is 14.5. The first-order chi connectivity index (χ1) is 17.2. The first-order valence-electron chi connectivity index (χ1n) is 12.0. The van der Waals surface area contributed by atoms with Crippen molar-refractivity contribution >= 4 is 17.5 Å². The molecule has 2 aliphatic rings. The molecule has 2 aromatic carbocycles. The van der Waals surface area contributed by atoms with Gasteiger partial charge in [-0.15, -0.1) is 0 Å². The summed E-state index contributed by atoms with van der Waals surface area (Å²) >= 11 is 0. The molecule has 1 N–H and O–H groups in total. The Balaban J connectivity index is 1.41. The number of alkyl halides is 3. The van der Waals surface area contributed by atoms with Crippen LogP contribution in [0.4, 0.5) is 33.9 Å². The summed E-state index contributed by atoms with van der Waals surface area (Å²) in [6.07, 6.45) is -1.61. The van der Waals surface area contributed by atoms with Crippen LogP contribution in [-0.2, 0) is 12.7 Å². The summed E-state index contributed by atoms with van der Waals surface area (Å²) in [5.41, 5.74) is 1.43. The van der Waals surface area contributed by atoms with Crippen LogP contribution in [-0.4, -0.2) is 40.3 Å². The molecular weight excluding hydrogens is 474 g/mol. The number of halogens is 4. The van der Waals surface area contributed by atoms with Crippen LogP contribution in [0.2, 0.25) is 0 Å². The molecule has 0 spiro atoms. The Morgan fingerprint density at radius 2 is 1.81 bits per heavy atom. The number of H-pyrrole nitrogens is 1. The van der Waals surface area contributed by atoms with E-state index >= 15 is 0 Å². The summed E-state index contributed by atoms with van der Waals surface area (Å²) in [6.45, 7) is 4.66. The van der Waals surface area contributed by atoms with E-state index in [1.54, 1.807) is 17.2 Å². The Bertz CT molecular complexity index is 1240. The van der Waals surface area contributed by atoms with Crippen LogP contribution in [0.25, 0.3) is 0 Å². The van der Waals surface area contributed by atoms with E-state index in [0.29, 0.717) is 37.4 Å². The number of benzene rings is 2. The molecule has 0 bridgehead atoms. The van der Waals surface area contributed by atoms with E-state index in [9.17, 15) is 22.4 Å². The highest BCUT2D eigenvalue weighted by Gasteiger charge is 2.43. The average Bonchev–Trinajstić information content (AvgIpc) is 3.33. The second kappa shape index (κ2) is 9.15. The summed E-state index contributed by atoms with van der Waals surface area (Å²) < 4.78 is 55.4. The third kappa shape index (κ3) is 4.18. The van der Waals surface area contributed by atoms with Gasteiger partial charge in [-0.1, -0.05) is 30.3 Å². The number of aromatic amines is 1. The van der Waals surface area contributed by atoms with Crippen molar-refractivity contribution in [3.63, 3.8) is 0 Å². The van der Waals surface area contributed by atoms with Crippen LogP contribution >= 0.6 is 0 Å². The van der Waals surface area contributed by atoms with Crippen molar-refractivity contribution in [2.75, 3.05) is 22.9 Å². The number of carbonyl (C=O) groups excluding carboxylic acids is 1. The van der Waals surface area contributed by atoms with Crippen molar-refractivity contribution in [3.05, 3.63) is 76.7 Å². The molecule has 0 aliphatic carbocycles. The number of nitrogens with zero attached hydrogens (tertiary/aromatic N) is 4. The van der Waals surface area contributed by atoms with Crippen LogP contribution in [0.1, 0.15) is 48.1 Å². The van der Waals surface area contributed by atoms with E-state index in [4.69, 9.17) is 0 Å². The lowest BCUT2D eigenvalue weighted by Gasteiger charge is -2.46. The van der Waals surface area contributed by atoms with Gasteiger partial charge in [0.15, 0.2) is 5.82 Å². The first-order valence-corrected chi connectivity index (χ1v) is 12.0. The van der Waals surface area contributed by atoms with Crippen LogP contribution in [0, 0.1) is 12.7 Å². The number of carbonyl (C=O) groups is 1.